The first kappa shape index (κ1) is 21.7. The number of benzene rings is 2. The van der Waals surface area contributed by atoms with Crippen molar-refractivity contribution in [1.82, 2.24) is 0 Å². The van der Waals surface area contributed by atoms with Crippen molar-refractivity contribution in [2.75, 3.05) is 25.6 Å². The van der Waals surface area contributed by atoms with Gasteiger partial charge in [-0.2, -0.15) is 0 Å². The van der Waals surface area contributed by atoms with Crippen LogP contribution in [-0.4, -0.2) is 30.4 Å². The molecule has 10 heteroatoms. The predicted molar refractivity (Wildman–Crippen MR) is 105 cm³/mol. The molecule has 0 fully saturated rings. The average molecular weight is 410 g/mol. The molecule has 1 atom stereocenters. The van der Waals surface area contributed by atoms with Gasteiger partial charge in [0.2, 0.25) is 0 Å². The van der Waals surface area contributed by atoms with Crippen LogP contribution in [0.1, 0.15) is 25.2 Å². The maximum Gasteiger partial charge on any atom is 0.357 e. The Morgan fingerprint density at radius 3 is 2.21 bits per heavy atom. The number of nitrogens with one attached hydrogen (secondary N) is 1. The van der Waals surface area contributed by atoms with Gasteiger partial charge in [-0.1, -0.05) is 12.1 Å². The third-order valence-corrected chi connectivity index (χ3v) is 6.15. The van der Waals surface area contributed by atoms with Gasteiger partial charge in [0.05, 0.1) is 37.0 Å². The summed E-state index contributed by atoms with van der Waals surface area (Å²) in [4.78, 5) is 10.3. The second-order valence-corrected chi connectivity index (χ2v) is 7.77. The van der Waals surface area contributed by atoms with Crippen LogP contribution in [0.15, 0.2) is 42.5 Å². The molecule has 0 aliphatic carbocycles. The molecule has 9 nitrogen and oxygen atoms in total. The van der Waals surface area contributed by atoms with E-state index in [-0.39, 0.29) is 30.3 Å². The molecule has 1 unspecified atom stereocenters. The van der Waals surface area contributed by atoms with Gasteiger partial charge in [0.1, 0.15) is 11.5 Å². The van der Waals surface area contributed by atoms with E-state index in [0.717, 1.165) is 6.07 Å². The number of nitro groups is 1. The van der Waals surface area contributed by atoms with Crippen molar-refractivity contribution in [3.63, 3.8) is 0 Å². The molecule has 0 saturated heterocycles. The van der Waals surface area contributed by atoms with Crippen molar-refractivity contribution in [2.45, 2.75) is 19.6 Å². The summed E-state index contributed by atoms with van der Waals surface area (Å²) in [5.74, 6) is -0.693. The number of non-ortho nitro benzene ring substituents is 1. The van der Waals surface area contributed by atoms with Crippen LogP contribution in [0.2, 0.25) is 0 Å². The number of hydrogen-bond acceptors (Lipinski definition) is 8. The molecule has 0 radical (unpaired) electrons. The number of nitro benzene ring substituents is 1. The normalized spacial score (nSPS) is 12.4. The number of phenols is 1. The number of nitrogens with zero attached hydrogens (tertiary/aromatic N) is 1. The van der Waals surface area contributed by atoms with Crippen LogP contribution >= 0.6 is 7.60 Å². The summed E-state index contributed by atoms with van der Waals surface area (Å²) in [5, 5.41) is 24.0. The summed E-state index contributed by atoms with van der Waals surface area (Å²) in [5.41, 5.74) is 0.469. The molecule has 0 heterocycles. The van der Waals surface area contributed by atoms with Gasteiger partial charge in [-0.25, -0.2) is 0 Å². The Labute approximate surface area is 162 Å². The highest BCUT2D eigenvalue weighted by molar-refractivity contribution is 7.54. The molecule has 2 aromatic carbocycles. The van der Waals surface area contributed by atoms with Gasteiger partial charge in [0, 0.05) is 6.07 Å². The van der Waals surface area contributed by atoms with E-state index in [4.69, 9.17) is 13.8 Å². The standard InChI is InChI=1S/C18H23N2O7P/c1-4-26-28(24,27-5-2)18(13-6-9-15(25-3)10-7-13)19-16-11-8-14(20(22)23)12-17(16)21/h6-12,18-19,21H,4-5H2,1-3H3. The highest BCUT2D eigenvalue weighted by Crippen LogP contribution is 2.61. The summed E-state index contributed by atoms with van der Waals surface area (Å²) in [6.07, 6.45) is 0. The molecule has 0 saturated carbocycles. The lowest BCUT2D eigenvalue weighted by Gasteiger charge is -2.28. The quantitative estimate of drug-likeness (QED) is 0.251. The minimum atomic E-state index is -3.69. The van der Waals surface area contributed by atoms with Crippen LogP contribution < -0.4 is 10.1 Å². The van der Waals surface area contributed by atoms with E-state index >= 15 is 0 Å². The topological polar surface area (TPSA) is 120 Å². The van der Waals surface area contributed by atoms with E-state index < -0.39 is 18.3 Å². The molecule has 2 N–H and O–H groups in total. The van der Waals surface area contributed by atoms with E-state index in [1.807, 2.05) is 0 Å². The summed E-state index contributed by atoms with van der Waals surface area (Å²) >= 11 is 0. The number of hydrogen-bond donors (Lipinski definition) is 2. The Balaban J connectivity index is 2.48. The largest absolute Gasteiger partial charge is 0.506 e. The van der Waals surface area contributed by atoms with Gasteiger partial charge in [-0.05, 0) is 37.6 Å². The van der Waals surface area contributed by atoms with Crippen molar-refractivity contribution in [1.29, 1.82) is 0 Å². The number of phenolic OH excluding ortho intramolecular Hbond substituents is 1. The lowest BCUT2D eigenvalue weighted by molar-refractivity contribution is -0.384. The van der Waals surface area contributed by atoms with Gasteiger partial charge >= 0.3 is 7.60 Å². The van der Waals surface area contributed by atoms with Crippen LogP contribution in [0.25, 0.3) is 0 Å². The van der Waals surface area contributed by atoms with Crippen molar-refractivity contribution in [2.24, 2.45) is 0 Å². The van der Waals surface area contributed by atoms with Crippen LogP contribution in [0, 0.1) is 10.1 Å². The zero-order chi connectivity index (χ0) is 20.7. The third-order valence-electron chi connectivity index (χ3n) is 3.85. The van der Waals surface area contributed by atoms with Crippen molar-refractivity contribution in [3.05, 3.63) is 58.1 Å². The number of methoxy groups -OCH3 is 1. The van der Waals surface area contributed by atoms with Crippen LogP contribution in [0.4, 0.5) is 11.4 Å². The molecule has 0 aliphatic heterocycles. The number of anilines is 1. The highest BCUT2D eigenvalue weighted by Gasteiger charge is 2.37. The molecule has 28 heavy (non-hydrogen) atoms. The highest BCUT2D eigenvalue weighted by atomic mass is 31.2. The maximum absolute atomic E-state index is 13.4. The number of ether oxygens (including phenoxy) is 1. The Hall–Kier alpha value is -2.61. The van der Waals surface area contributed by atoms with E-state index in [0.29, 0.717) is 11.3 Å². The van der Waals surface area contributed by atoms with Crippen molar-refractivity contribution >= 4 is 19.0 Å². The molecule has 0 aliphatic rings. The fourth-order valence-electron chi connectivity index (χ4n) is 2.58. The van der Waals surface area contributed by atoms with Gasteiger partial charge in [-0.15, -0.1) is 0 Å². The smallest absolute Gasteiger partial charge is 0.357 e. The Kier molecular flexibility index (Phi) is 7.39. The van der Waals surface area contributed by atoms with Gasteiger partial charge in [0.15, 0.2) is 5.78 Å². The summed E-state index contributed by atoms with van der Waals surface area (Å²) in [7, 11) is -2.16. The Morgan fingerprint density at radius 1 is 1.14 bits per heavy atom. The molecule has 0 aromatic heterocycles. The molecule has 152 valence electrons. The molecular weight excluding hydrogens is 387 g/mol. The first-order valence-corrected chi connectivity index (χ1v) is 10.2. The maximum atomic E-state index is 13.4. The average Bonchev–Trinajstić information content (AvgIpc) is 2.67. The minimum absolute atomic E-state index is 0.151. The fourth-order valence-corrected chi connectivity index (χ4v) is 4.51. The van der Waals surface area contributed by atoms with Gasteiger partial charge < -0.3 is 24.2 Å². The minimum Gasteiger partial charge on any atom is -0.506 e. The molecule has 0 spiro atoms. The molecular formula is C18H23N2O7P. The SMILES string of the molecule is CCOP(=O)(OCC)C(Nc1ccc([N+](=O)[O-])cc1O)c1ccc(OC)cc1. The zero-order valence-corrected chi connectivity index (χ0v) is 16.7. The van der Waals surface area contributed by atoms with Crippen LogP contribution in [-0.2, 0) is 13.6 Å². The third kappa shape index (κ3) is 5.01. The number of rotatable bonds is 10. The van der Waals surface area contributed by atoms with E-state index in [1.165, 1.54) is 19.2 Å². The van der Waals surface area contributed by atoms with Crippen molar-refractivity contribution < 1.29 is 28.4 Å². The molecule has 0 bridgehead atoms. The van der Waals surface area contributed by atoms with Gasteiger partial charge in [0.25, 0.3) is 5.69 Å². The van der Waals surface area contributed by atoms with Crippen molar-refractivity contribution in [3.8, 4) is 11.5 Å². The van der Waals surface area contributed by atoms with Gasteiger partial charge in [-0.3, -0.25) is 14.7 Å². The zero-order valence-electron chi connectivity index (χ0n) is 15.8. The van der Waals surface area contributed by atoms with Crippen LogP contribution in [0.3, 0.4) is 0 Å². The van der Waals surface area contributed by atoms with E-state index in [1.54, 1.807) is 38.1 Å². The number of aromatic hydroxyl groups is 1. The predicted octanol–water partition coefficient (Wildman–Crippen LogP) is 4.69. The summed E-state index contributed by atoms with van der Waals surface area (Å²) in [6, 6.07) is 10.4. The lowest BCUT2D eigenvalue weighted by Crippen LogP contribution is -2.15. The first-order chi connectivity index (χ1) is 13.3. The summed E-state index contributed by atoms with van der Waals surface area (Å²) < 4.78 is 29.5. The van der Waals surface area contributed by atoms with E-state index in [9.17, 15) is 19.8 Å². The fraction of sp³-hybridized carbons (Fsp3) is 0.333. The van der Waals surface area contributed by atoms with Crippen LogP contribution in [0.5, 0.6) is 11.5 Å². The monoisotopic (exact) mass is 410 g/mol. The molecule has 2 rings (SSSR count). The Bertz CT molecular complexity index is 848. The molecule has 2 aromatic rings. The molecule has 0 amide bonds. The second-order valence-electron chi connectivity index (χ2n) is 5.65. The Morgan fingerprint density at radius 2 is 1.75 bits per heavy atom. The lowest BCUT2D eigenvalue weighted by atomic mass is 10.2. The van der Waals surface area contributed by atoms with E-state index in [2.05, 4.69) is 5.32 Å². The first-order valence-electron chi connectivity index (χ1n) is 8.61. The summed E-state index contributed by atoms with van der Waals surface area (Å²) in [6.45, 7) is 3.69. The second kappa shape index (κ2) is 9.54.